The van der Waals surface area contributed by atoms with Gasteiger partial charge in [-0.1, -0.05) is 11.6 Å². The number of hydrogen-bond acceptors (Lipinski definition) is 2. The van der Waals surface area contributed by atoms with Gasteiger partial charge in [0.25, 0.3) is 5.56 Å². The summed E-state index contributed by atoms with van der Waals surface area (Å²) in [7, 11) is 1.63. The molecule has 0 fully saturated rings. The summed E-state index contributed by atoms with van der Waals surface area (Å²) in [5, 5.41) is 3.10. The second-order valence-electron chi connectivity index (χ2n) is 3.93. The molecule has 0 spiro atoms. The minimum absolute atomic E-state index is 0.207. The number of hydrogen-bond donors (Lipinski definition) is 2. The Hall–Kier alpha value is -0.740. The second-order valence-corrected chi connectivity index (χ2v) is 4.31. The van der Waals surface area contributed by atoms with E-state index in [0.29, 0.717) is 12.1 Å². The fraction of sp³-hybridized carbons (Fsp3) is 0.625. The molecule has 1 rings (SSSR count). The zero-order valence-corrected chi connectivity index (χ0v) is 8.77. The topological polar surface area (TPSA) is 63.8 Å². The molecule has 1 aromatic heterocycles. The van der Waals surface area contributed by atoms with Crippen molar-refractivity contribution in [1.82, 2.24) is 9.78 Å². The Bertz CT molecular complexity index is 358. The maximum Gasteiger partial charge on any atom is 0.285 e. The van der Waals surface area contributed by atoms with Gasteiger partial charge in [-0.05, 0) is 13.8 Å². The molecule has 0 radical (unpaired) electrons. The van der Waals surface area contributed by atoms with Crippen LogP contribution >= 0.6 is 11.6 Å². The summed E-state index contributed by atoms with van der Waals surface area (Å²) in [6.45, 7) is 3.77. The third-order valence-corrected chi connectivity index (χ3v) is 2.08. The SMILES string of the molecule is Cn1[nH]c(CC(C)(C)N)c(Cl)c1=O. The minimum atomic E-state index is -0.367. The number of aromatic nitrogens is 2. The molecule has 74 valence electrons. The fourth-order valence-electron chi connectivity index (χ4n) is 1.15. The quantitative estimate of drug-likeness (QED) is 0.741. The van der Waals surface area contributed by atoms with Crippen molar-refractivity contribution < 1.29 is 0 Å². The molecule has 5 heteroatoms. The molecule has 1 aromatic rings. The number of aryl methyl sites for hydroxylation is 1. The van der Waals surface area contributed by atoms with Crippen LogP contribution in [-0.2, 0) is 13.5 Å². The van der Waals surface area contributed by atoms with Gasteiger partial charge in [-0.2, -0.15) is 0 Å². The first-order valence-corrected chi connectivity index (χ1v) is 4.41. The van der Waals surface area contributed by atoms with Gasteiger partial charge in [0.2, 0.25) is 0 Å². The van der Waals surface area contributed by atoms with Crippen molar-refractivity contribution in [2.45, 2.75) is 25.8 Å². The predicted octanol–water partition coefficient (Wildman–Crippen LogP) is 0.647. The second kappa shape index (κ2) is 3.20. The first-order valence-electron chi connectivity index (χ1n) is 4.03. The van der Waals surface area contributed by atoms with E-state index in [0.717, 1.165) is 0 Å². The molecule has 0 saturated heterocycles. The summed E-state index contributed by atoms with van der Waals surface area (Å²) < 4.78 is 1.35. The molecular weight excluding hydrogens is 190 g/mol. The number of nitrogens with two attached hydrogens (primary N) is 1. The summed E-state index contributed by atoms with van der Waals surface area (Å²) in [6.07, 6.45) is 0.557. The predicted molar refractivity (Wildman–Crippen MR) is 53.0 cm³/mol. The van der Waals surface area contributed by atoms with Crippen LogP contribution in [0.15, 0.2) is 4.79 Å². The molecule has 13 heavy (non-hydrogen) atoms. The lowest BCUT2D eigenvalue weighted by molar-refractivity contribution is 0.506. The number of H-pyrrole nitrogens is 1. The van der Waals surface area contributed by atoms with Gasteiger partial charge in [0.15, 0.2) is 0 Å². The lowest BCUT2D eigenvalue weighted by Gasteiger charge is -2.16. The highest BCUT2D eigenvalue weighted by Crippen LogP contribution is 2.13. The van der Waals surface area contributed by atoms with Crippen LogP contribution in [0.3, 0.4) is 0 Å². The van der Waals surface area contributed by atoms with E-state index in [9.17, 15) is 4.79 Å². The molecule has 0 aliphatic heterocycles. The van der Waals surface area contributed by atoms with Crippen molar-refractivity contribution in [3.05, 3.63) is 21.1 Å². The van der Waals surface area contributed by atoms with Gasteiger partial charge in [-0.15, -0.1) is 0 Å². The van der Waals surface area contributed by atoms with Gasteiger partial charge >= 0.3 is 0 Å². The molecule has 0 unspecified atom stereocenters. The van der Waals surface area contributed by atoms with Crippen LogP contribution in [0.5, 0.6) is 0 Å². The van der Waals surface area contributed by atoms with E-state index in [-0.39, 0.29) is 16.1 Å². The zero-order chi connectivity index (χ0) is 10.2. The van der Waals surface area contributed by atoms with Crippen LogP contribution in [0.4, 0.5) is 0 Å². The van der Waals surface area contributed by atoms with E-state index < -0.39 is 0 Å². The highest BCUT2D eigenvalue weighted by molar-refractivity contribution is 6.31. The van der Waals surface area contributed by atoms with E-state index in [1.165, 1.54) is 4.68 Å². The summed E-state index contributed by atoms with van der Waals surface area (Å²) in [5.74, 6) is 0. The standard InChI is InChI=1S/C8H14ClN3O/c1-8(2,10)4-5-6(9)7(13)12(3)11-5/h11H,4,10H2,1-3H3. The minimum Gasteiger partial charge on any atom is -0.325 e. The Morgan fingerprint density at radius 1 is 1.62 bits per heavy atom. The molecule has 1 heterocycles. The Balaban J connectivity index is 3.04. The van der Waals surface area contributed by atoms with Crippen molar-refractivity contribution in [2.75, 3.05) is 0 Å². The van der Waals surface area contributed by atoms with E-state index >= 15 is 0 Å². The first kappa shape index (κ1) is 10.3. The Morgan fingerprint density at radius 2 is 2.15 bits per heavy atom. The average molecular weight is 204 g/mol. The number of nitrogens with one attached hydrogen (secondary N) is 1. The first-order chi connectivity index (χ1) is 5.81. The van der Waals surface area contributed by atoms with Gasteiger partial charge < -0.3 is 5.73 Å². The van der Waals surface area contributed by atoms with Gasteiger partial charge in [-0.3, -0.25) is 14.6 Å². The van der Waals surface area contributed by atoms with E-state index in [1.54, 1.807) is 7.05 Å². The molecule has 0 bridgehead atoms. The van der Waals surface area contributed by atoms with Crippen LogP contribution in [0.2, 0.25) is 5.02 Å². The van der Waals surface area contributed by atoms with E-state index in [2.05, 4.69) is 5.10 Å². The molecule has 3 N–H and O–H groups in total. The molecule has 4 nitrogen and oxygen atoms in total. The summed E-state index contributed by atoms with van der Waals surface area (Å²) >= 11 is 5.80. The van der Waals surface area contributed by atoms with Crippen molar-refractivity contribution >= 4 is 11.6 Å². The van der Waals surface area contributed by atoms with Crippen LogP contribution in [0.25, 0.3) is 0 Å². The summed E-state index contributed by atoms with van der Waals surface area (Å²) in [6, 6.07) is 0. The average Bonchev–Trinajstić information content (AvgIpc) is 2.15. The molecule has 0 atom stereocenters. The lowest BCUT2D eigenvalue weighted by atomic mass is 10.0. The van der Waals surface area contributed by atoms with Crippen molar-refractivity contribution in [1.29, 1.82) is 0 Å². The third-order valence-electron chi connectivity index (χ3n) is 1.69. The van der Waals surface area contributed by atoms with Gasteiger partial charge in [0.1, 0.15) is 5.02 Å². The van der Waals surface area contributed by atoms with Crippen LogP contribution in [-0.4, -0.2) is 15.3 Å². The lowest BCUT2D eigenvalue weighted by Crippen LogP contribution is -2.34. The number of nitrogens with zero attached hydrogens (tertiary/aromatic N) is 1. The van der Waals surface area contributed by atoms with Gasteiger partial charge in [-0.25, -0.2) is 0 Å². The largest absolute Gasteiger partial charge is 0.325 e. The molecular formula is C8H14ClN3O. The summed E-state index contributed by atoms with van der Waals surface area (Å²) in [4.78, 5) is 11.2. The molecule has 0 saturated carbocycles. The van der Waals surface area contributed by atoms with Crippen LogP contribution in [0, 0.1) is 0 Å². The summed E-state index contributed by atoms with van der Waals surface area (Å²) in [5.41, 5.74) is 5.93. The normalized spacial score (nSPS) is 12.1. The maximum atomic E-state index is 11.2. The Labute approximate surface area is 81.7 Å². The molecule has 0 amide bonds. The molecule has 0 aliphatic carbocycles. The number of rotatable bonds is 2. The van der Waals surface area contributed by atoms with Crippen molar-refractivity contribution in [2.24, 2.45) is 12.8 Å². The Kier molecular flexibility index (Phi) is 2.54. The number of halogens is 1. The highest BCUT2D eigenvalue weighted by atomic mass is 35.5. The maximum absolute atomic E-state index is 11.2. The molecule has 0 aliphatic rings. The van der Waals surface area contributed by atoms with Crippen LogP contribution < -0.4 is 11.3 Å². The van der Waals surface area contributed by atoms with Crippen molar-refractivity contribution in [3.8, 4) is 0 Å². The van der Waals surface area contributed by atoms with Crippen LogP contribution in [0.1, 0.15) is 19.5 Å². The van der Waals surface area contributed by atoms with Gasteiger partial charge in [0, 0.05) is 19.0 Å². The third kappa shape index (κ3) is 2.35. The smallest absolute Gasteiger partial charge is 0.285 e. The zero-order valence-electron chi connectivity index (χ0n) is 8.02. The van der Waals surface area contributed by atoms with E-state index in [4.69, 9.17) is 17.3 Å². The fourth-order valence-corrected chi connectivity index (χ4v) is 1.39. The van der Waals surface area contributed by atoms with E-state index in [1.807, 2.05) is 13.8 Å². The Morgan fingerprint density at radius 3 is 2.46 bits per heavy atom. The molecule has 0 aromatic carbocycles. The number of aromatic amines is 1. The van der Waals surface area contributed by atoms with Crippen molar-refractivity contribution in [3.63, 3.8) is 0 Å². The highest BCUT2D eigenvalue weighted by Gasteiger charge is 2.17. The van der Waals surface area contributed by atoms with Gasteiger partial charge in [0.05, 0.1) is 5.69 Å². The monoisotopic (exact) mass is 203 g/mol.